The third kappa shape index (κ3) is 5.19. The number of hydrogen-bond acceptors (Lipinski definition) is 4. The number of rotatable bonds is 9. The summed E-state index contributed by atoms with van der Waals surface area (Å²) in [5.74, 6) is 0.544. The van der Waals surface area contributed by atoms with E-state index in [9.17, 15) is 8.42 Å². The van der Waals surface area contributed by atoms with Crippen molar-refractivity contribution in [3.05, 3.63) is 17.0 Å². The maximum atomic E-state index is 12.4. The van der Waals surface area contributed by atoms with E-state index in [-0.39, 0.29) is 0 Å². The van der Waals surface area contributed by atoms with E-state index >= 15 is 0 Å². The van der Waals surface area contributed by atoms with Gasteiger partial charge >= 0.3 is 0 Å². The summed E-state index contributed by atoms with van der Waals surface area (Å²) < 4.78 is 26.7. The van der Waals surface area contributed by atoms with Crippen LogP contribution in [0.4, 0.5) is 0 Å². The summed E-state index contributed by atoms with van der Waals surface area (Å²) in [6, 6.07) is 3.55. The second-order valence-electron chi connectivity index (χ2n) is 4.97. The second kappa shape index (κ2) is 9.24. The van der Waals surface area contributed by atoms with Gasteiger partial charge in [-0.2, -0.15) is 4.31 Å². The number of sulfonamides is 1. The van der Waals surface area contributed by atoms with Gasteiger partial charge in [0.15, 0.2) is 5.96 Å². The molecule has 0 amide bonds. The lowest BCUT2D eigenvalue weighted by Crippen LogP contribution is -2.37. The Morgan fingerprint density at radius 2 is 1.74 bits per heavy atom. The van der Waals surface area contributed by atoms with Gasteiger partial charge < -0.3 is 10.6 Å². The molecule has 0 saturated heterocycles. The molecule has 0 aromatic carbocycles. The maximum absolute atomic E-state index is 12.4. The van der Waals surface area contributed by atoms with E-state index < -0.39 is 10.0 Å². The van der Waals surface area contributed by atoms with Crippen LogP contribution in [0.2, 0.25) is 0 Å². The molecule has 0 atom stereocenters. The zero-order chi connectivity index (χ0) is 17.5. The zero-order valence-corrected chi connectivity index (χ0v) is 16.1. The van der Waals surface area contributed by atoms with E-state index in [0.717, 1.165) is 18.0 Å². The number of nitrogens with zero attached hydrogens (tertiary/aromatic N) is 3. The van der Waals surface area contributed by atoms with E-state index in [2.05, 4.69) is 4.99 Å². The van der Waals surface area contributed by atoms with Crippen LogP contribution in [0.25, 0.3) is 0 Å². The Labute approximate surface area is 144 Å². The molecule has 6 nitrogen and oxygen atoms in total. The van der Waals surface area contributed by atoms with E-state index in [4.69, 9.17) is 5.73 Å². The molecule has 0 aliphatic rings. The van der Waals surface area contributed by atoms with E-state index in [1.165, 1.54) is 15.6 Å². The first-order chi connectivity index (χ1) is 10.9. The molecular weight excluding hydrogens is 332 g/mol. The average Bonchev–Trinajstić information content (AvgIpc) is 2.99. The lowest BCUT2D eigenvalue weighted by atomic mass is 10.3. The van der Waals surface area contributed by atoms with Gasteiger partial charge in [-0.1, -0.05) is 13.8 Å². The van der Waals surface area contributed by atoms with Crippen molar-refractivity contribution in [3.8, 4) is 0 Å². The van der Waals surface area contributed by atoms with Crippen molar-refractivity contribution in [2.75, 3.05) is 32.7 Å². The van der Waals surface area contributed by atoms with Crippen LogP contribution in [0.1, 0.15) is 32.6 Å². The minimum absolute atomic E-state index is 0.400. The summed E-state index contributed by atoms with van der Waals surface area (Å²) >= 11 is 1.32. The quantitative estimate of drug-likeness (QED) is 0.539. The lowest BCUT2D eigenvalue weighted by molar-refractivity contribution is 0.447. The highest BCUT2D eigenvalue weighted by atomic mass is 32.2. The molecule has 0 bridgehead atoms. The molecule has 1 aromatic heterocycles. The fourth-order valence-corrected chi connectivity index (χ4v) is 5.21. The Morgan fingerprint density at radius 3 is 2.26 bits per heavy atom. The van der Waals surface area contributed by atoms with Crippen LogP contribution in [0, 0.1) is 0 Å². The molecule has 132 valence electrons. The standard InChI is InChI=1S/C15H28N4O2S2/c1-5-18(6-2)15(16)17-12-11-13-9-10-14(22-13)23(20,21)19(7-3)8-4/h9-10H,5-8,11-12H2,1-4H3,(H2,16,17). The fraction of sp³-hybridized carbons (Fsp3) is 0.667. The Balaban J connectivity index is 2.73. The smallest absolute Gasteiger partial charge is 0.252 e. The van der Waals surface area contributed by atoms with Crippen LogP contribution in [0.15, 0.2) is 21.3 Å². The van der Waals surface area contributed by atoms with Gasteiger partial charge in [-0.05, 0) is 26.0 Å². The molecule has 1 rings (SSSR count). The predicted molar refractivity (Wildman–Crippen MR) is 97.5 cm³/mol. The van der Waals surface area contributed by atoms with E-state index in [0.29, 0.717) is 36.2 Å². The minimum atomic E-state index is -3.36. The number of nitrogens with two attached hydrogens (primary N) is 1. The van der Waals surface area contributed by atoms with Gasteiger partial charge in [-0.3, -0.25) is 4.99 Å². The molecular formula is C15H28N4O2S2. The largest absolute Gasteiger partial charge is 0.370 e. The topological polar surface area (TPSA) is 79.0 Å². The summed E-state index contributed by atoms with van der Waals surface area (Å²) in [5.41, 5.74) is 5.93. The molecule has 1 heterocycles. The third-order valence-corrected chi connectivity index (χ3v) is 7.32. The molecule has 0 saturated carbocycles. The van der Waals surface area contributed by atoms with Crippen molar-refractivity contribution >= 4 is 27.3 Å². The Morgan fingerprint density at radius 1 is 1.13 bits per heavy atom. The van der Waals surface area contributed by atoms with Crippen molar-refractivity contribution in [3.63, 3.8) is 0 Å². The van der Waals surface area contributed by atoms with E-state index in [1.54, 1.807) is 6.07 Å². The molecule has 1 aromatic rings. The number of aliphatic imine (C=N–C) groups is 1. The molecule has 23 heavy (non-hydrogen) atoms. The van der Waals surface area contributed by atoms with Gasteiger partial charge in [0.1, 0.15) is 4.21 Å². The monoisotopic (exact) mass is 360 g/mol. The average molecular weight is 361 g/mol. The summed E-state index contributed by atoms with van der Waals surface area (Å²) in [6.07, 6.45) is 0.695. The van der Waals surface area contributed by atoms with Crippen molar-refractivity contribution in [2.45, 2.75) is 38.3 Å². The number of thiophene rings is 1. The van der Waals surface area contributed by atoms with Crippen LogP contribution in [0.5, 0.6) is 0 Å². The van der Waals surface area contributed by atoms with Crippen LogP contribution < -0.4 is 5.73 Å². The zero-order valence-electron chi connectivity index (χ0n) is 14.4. The van der Waals surface area contributed by atoms with Crippen LogP contribution in [-0.4, -0.2) is 56.3 Å². The Kier molecular flexibility index (Phi) is 8.01. The van der Waals surface area contributed by atoms with Crippen molar-refractivity contribution in [1.82, 2.24) is 9.21 Å². The molecule has 0 fully saturated rings. The Bertz CT molecular complexity index is 603. The summed E-state index contributed by atoms with van der Waals surface area (Å²) in [4.78, 5) is 7.36. The van der Waals surface area contributed by atoms with Gasteiger partial charge in [-0.25, -0.2) is 8.42 Å². The first kappa shape index (κ1) is 19.9. The van der Waals surface area contributed by atoms with Crippen LogP contribution >= 0.6 is 11.3 Å². The van der Waals surface area contributed by atoms with E-state index in [1.807, 2.05) is 38.7 Å². The van der Waals surface area contributed by atoms with Gasteiger partial charge in [0.05, 0.1) is 0 Å². The van der Waals surface area contributed by atoms with Gasteiger partial charge in [0, 0.05) is 44.0 Å². The SMILES string of the molecule is CCN(CC)C(N)=NCCc1ccc(S(=O)(=O)N(CC)CC)s1. The predicted octanol–water partition coefficient (Wildman–Crippen LogP) is 1.98. The maximum Gasteiger partial charge on any atom is 0.252 e. The van der Waals surface area contributed by atoms with Crippen LogP contribution in [0.3, 0.4) is 0 Å². The molecule has 0 spiro atoms. The molecule has 0 aliphatic heterocycles. The summed E-state index contributed by atoms with van der Waals surface area (Å²) in [7, 11) is -3.36. The fourth-order valence-electron chi connectivity index (χ4n) is 2.25. The van der Waals surface area contributed by atoms with Crippen molar-refractivity contribution < 1.29 is 8.42 Å². The van der Waals surface area contributed by atoms with Gasteiger partial charge in [-0.15, -0.1) is 11.3 Å². The minimum Gasteiger partial charge on any atom is -0.370 e. The highest BCUT2D eigenvalue weighted by Crippen LogP contribution is 2.25. The normalized spacial score (nSPS) is 12.8. The Hall–Kier alpha value is -1.12. The summed E-state index contributed by atoms with van der Waals surface area (Å²) in [5, 5.41) is 0. The first-order valence-corrected chi connectivity index (χ1v) is 10.3. The highest BCUT2D eigenvalue weighted by Gasteiger charge is 2.23. The van der Waals surface area contributed by atoms with Crippen LogP contribution in [-0.2, 0) is 16.4 Å². The first-order valence-electron chi connectivity index (χ1n) is 8.04. The number of hydrogen-bond donors (Lipinski definition) is 1. The highest BCUT2D eigenvalue weighted by molar-refractivity contribution is 7.91. The molecule has 8 heteroatoms. The number of guanidine groups is 1. The second-order valence-corrected chi connectivity index (χ2v) is 8.31. The molecule has 2 N–H and O–H groups in total. The molecule has 0 aliphatic carbocycles. The third-order valence-electron chi connectivity index (χ3n) is 3.66. The lowest BCUT2D eigenvalue weighted by Gasteiger charge is -2.19. The molecule has 0 radical (unpaired) electrons. The van der Waals surface area contributed by atoms with Gasteiger partial charge in [0.2, 0.25) is 0 Å². The summed E-state index contributed by atoms with van der Waals surface area (Å²) in [6.45, 7) is 11.0. The van der Waals surface area contributed by atoms with Crippen molar-refractivity contribution in [1.29, 1.82) is 0 Å². The molecule has 0 unspecified atom stereocenters. The van der Waals surface area contributed by atoms with Crippen molar-refractivity contribution in [2.24, 2.45) is 10.7 Å². The van der Waals surface area contributed by atoms with Gasteiger partial charge in [0.25, 0.3) is 10.0 Å².